The summed E-state index contributed by atoms with van der Waals surface area (Å²) in [5.74, 6) is 5.10. The van der Waals surface area contributed by atoms with Gasteiger partial charge in [-0.2, -0.15) is 18.7 Å². The van der Waals surface area contributed by atoms with E-state index >= 15 is 0 Å². The predicted molar refractivity (Wildman–Crippen MR) is 84.2 cm³/mol. The van der Waals surface area contributed by atoms with E-state index in [1.807, 2.05) is 0 Å². The maximum absolute atomic E-state index is 14.0. The SMILES string of the molecule is Cc1cccc(N(N)/C=C(\N)COc2ncc(OC(F)F)cn2)c1F. The molecule has 1 aromatic carbocycles. The fraction of sp³-hybridized carbons (Fsp3) is 0.200. The van der Waals surface area contributed by atoms with Gasteiger partial charge in [-0.3, -0.25) is 5.01 Å². The molecule has 7 nitrogen and oxygen atoms in total. The Bertz CT molecular complexity index is 740. The highest BCUT2D eigenvalue weighted by Crippen LogP contribution is 2.20. The minimum absolute atomic E-state index is 0.0942. The van der Waals surface area contributed by atoms with Gasteiger partial charge in [0.15, 0.2) is 11.6 Å². The minimum atomic E-state index is -2.97. The number of alkyl halides is 2. The normalized spacial score (nSPS) is 11.5. The molecule has 0 atom stereocenters. The van der Waals surface area contributed by atoms with Gasteiger partial charge in [0.05, 0.1) is 23.8 Å². The van der Waals surface area contributed by atoms with Crippen molar-refractivity contribution in [3.8, 4) is 11.8 Å². The van der Waals surface area contributed by atoms with Crippen LogP contribution in [0, 0.1) is 12.7 Å². The van der Waals surface area contributed by atoms with Gasteiger partial charge in [-0.25, -0.2) is 10.2 Å². The standard InChI is InChI=1S/C15H16F3N5O2/c1-9-3-2-4-12(13(9)16)23(20)7-10(19)8-24-15-21-5-11(6-22-15)25-14(17)18/h2-7,14H,8,19-20H2,1H3/b10-7-. The second kappa shape index (κ2) is 8.20. The van der Waals surface area contributed by atoms with E-state index in [2.05, 4.69) is 14.7 Å². The molecule has 0 aliphatic rings. The molecule has 0 unspecified atom stereocenters. The van der Waals surface area contributed by atoms with E-state index in [0.717, 1.165) is 17.4 Å². The minimum Gasteiger partial charge on any atom is -0.457 e. The molecule has 10 heteroatoms. The van der Waals surface area contributed by atoms with Crippen molar-refractivity contribution in [1.29, 1.82) is 0 Å². The fourth-order valence-electron chi connectivity index (χ4n) is 1.81. The zero-order chi connectivity index (χ0) is 18.4. The largest absolute Gasteiger partial charge is 0.457 e. The summed E-state index contributed by atoms with van der Waals surface area (Å²) in [6, 6.07) is 4.67. The van der Waals surface area contributed by atoms with Gasteiger partial charge in [0.2, 0.25) is 0 Å². The first-order valence-corrected chi connectivity index (χ1v) is 7.01. The number of hydrogen-bond acceptors (Lipinski definition) is 7. The first-order valence-electron chi connectivity index (χ1n) is 7.01. The Labute approximate surface area is 141 Å². The van der Waals surface area contributed by atoms with Crippen molar-refractivity contribution in [3.63, 3.8) is 0 Å². The molecular formula is C15H16F3N5O2. The third-order valence-electron chi connectivity index (χ3n) is 2.95. The number of halogens is 3. The number of benzene rings is 1. The second-order valence-corrected chi connectivity index (χ2v) is 4.89. The van der Waals surface area contributed by atoms with Crippen molar-refractivity contribution in [2.45, 2.75) is 13.5 Å². The second-order valence-electron chi connectivity index (χ2n) is 4.89. The van der Waals surface area contributed by atoms with E-state index in [0.29, 0.717) is 5.56 Å². The number of rotatable bonds is 7. The summed E-state index contributed by atoms with van der Waals surface area (Å²) in [5, 5.41) is 1.03. The molecule has 1 aromatic heterocycles. The Morgan fingerprint density at radius 3 is 2.64 bits per heavy atom. The van der Waals surface area contributed by atoms with Gasteiger partial charge in [-0.15, -0.1) is 0 Å². The smallest absolute Gasteiger partial charge is 0.387 e. The monoisotopic (exact) mass is 355 g/mol. The lowest BCUT2D eigenvalue weighted by atomic mass is 10.2. The maximum atomic E-state index is 14.0. The van der Waals surface area contributed by atoms with E-state index in [1.54, 1.807) is 19.1 Å². The molecule has 134 valence electrons. The van der Waals surface area contributed by atoms with Crippen LogP contribution in [-0.4, -0.2) is 23.2 Å². The summed E-state index contributed by atoms with van der Waals surface area (Å²) in [7, 11) is 0. The molecule has 25 heavy (non-hydrogen) atoms. The van der Waals surface area contributed by atoms with E-state index < -0.39 is 12.4 Å². The highest BCUT2D eigenvalue weighted by atomic mass is 19.3. The number of aryl methyl sites for hydroxylation is 1. The molecule has 0 amide bonds. The van der Waals surface area contributed by atoms with Crippen LogP contribution in [0.25, 0.3) is 0 Å². The average molecular weight is 355 g/mol. The molecule has 1 heterocycles. The molecule has 0 fully saturated rings. The van der Waals surface area contributed by atoms with Crippen LogP contribution in [0.1, 0.15) is 5.56 Å². The van der Waals surface area contributed by atoms with Crippen molar-refractivity contribution in [2.75, 3.05) is 11.6 Å². The van der Waals surface area contributed by atoms with E-state index in [9.17, 15) is 13.2 Å². The summed E-state index contributed by atoms with van der Waals surface area (Å²) in [5.41, 5.74) is 6.51. The third-order valence-corrected chi connectivity index (χ3v) is 2.95. The van der Waals surface area contributed by atoms with Crippen LogP contribution < -0.4 is 26.1 Å². The zero-order valence-electron chi connectivity index (χ0n) is 13.2. The molecule has 2 aromatic rings. The third kappa shape index (κ3) is 5.24. The molecule has 2 rings (SSSR count). The van der Waals surface area contributed by atoms with Crippen LogP contribution in [0.2, 0.25) is 0 Å². The average Bonchev–Trinajstić information content (AvgIpc) is 2.56. The van der Waals surface area contributed by atoms with E-state index in [-0.39, 0.29) is 29.8 Å². The number of nitrogens with zero attached hydrogens (tertiary/aromatic N) is 3. The molecule has 0 saturated heterocycles. The predicted octanol–water partition coefficient (Wildman–Crippen LogP) is 2.08. The Balaban J connectivity index is 1.96. The van der Waals surface area contributed by atoms with Crippen molar-refractivity contribution >= 4 is 5.69 Å². The van der Waals surface area contributed by atoms with E-state index in [4.69, 9.17) is 16.3 Å². The van der Waals surface area contributed by atoms with Gasteiger partial charge in [0.1, 0.15) is 6.61 Å². The maximum Gasteiger partial charge on any atom is 0.387 e. The number of ether oxygens (including phenoxy) is 2. The molecule has 0 spiro atoms. The molecule has 0 radical (unpaired) electrons. The first kappa shape index (κ1) is 18.3. The Hall–Kier alpha value is -3.01. The van der Waals surface area contributed by atoms with Gasteiger partial charge in [0.25, 0.3) is 0 Å². The lowest BCUT2D eigenvalue weighted by molar-refractivity contribution is -0.0504. The van der Waals surface area contributed by atoms with E-state index in [1.165, 1.54) is 12.3 Å². The van der Waals surface area contributed by atoms with Crippen molar-refractivity contribution in [3.05, 3.63) is 53.9 Å². The molecule has 0 bridgehead atoms. The van der Waals surface area contributed by atoms with Crippen LogP contribution >= 0.6 is 0 Å². The van der Waals surface area contributed by atoms with Crippen molar-refractivity contribution in [2.24, 2.45) is 11.6 Å². The fourth-order valence-corrected chi connectivity index (χ4v) is 1.81. The van der Waals surface area contributed by atoms with Gasteiger partial charge in [0, 0.05) is 6.20 Å². The van der Waals surface area contributed by atoms with Crippen LogP contribution in [0.3, 0.4) is 0 Å². The Kier molecular flexibility index (Phi) is 6.01. The van der Waals surface area contributed by atoms with Crippen LogP contribution in [-0.2, 0) is 0 Å². The molecular weight excluding hydrogens is 339 g/mol. The Morgan fingerprint density at radius 1 is 1.32 bits per heavy atom. The number of aromatic nitrogens is 2. The van der Waals surface area contributed by atoms with Crippen molar-refractivity contribution < 1.29 is 22.6 Å². The van der Waals surface area contributed by atoms with Gasteiger partial charge in [-0.05, 0) is 18.6 Å². The number of hydrazine groups is 1. The Morgan fingerprint density at radius 2 is 2.00 bits per heavy atom. The first-order chi connectivity index (χ1) is 11.9. The van der Waals surface area contributed by atoms with Crippen LogP contribution in [0.4, 0.5) is 18.9 Å². The van der Waals surface area contributed by atoms with Crippen LogP contribution in [0.5, 0.6) is 11.8 Å². The molecule has 0 aliphatic heterocycles. The lowest BCUT2D eigenvalue weighted by Crippen LogP contribution is -2.28. The number of anilines is 1. The summed E-state index contributed by atoms with van der Waals surface area (Å²) >= 11 is 0. The van der Waals surface area contributed by atoms with Crippen LogP contribution in [0.15, 0.2) is 42.5 Å². The highest BCUT2D eigenvalue weighted by molar-refractivity contribution is 5.51. The number of nitrogens with two attached hydrogens (primary N) is 2. The van der Waals surface area contributed by atoms with Crippen molar-refractivity contribution in [1.82, 2.24) is 9.97 Å². The zero-order valence-corrected chi connectivity index (χ0v) is 13.2. The van der Waals surface area contributed by atoms with Gasteiger partial charge in [-0.1, -0.05) is 12.1 Å². The summed E-state index contributed by atoms with van der Waals surface area (Å²) in [6.45, 7) is -1.50. The summed E-state index contributed by atoms with van der Waals surface area (Å²) in [4.78, 5) is 7.37. The molecule has 4 N–H and O–H groups in total. The summed E-state index contributed by atoms with van der Waals surface area (Å²) < 4.78 is 47.3. The topological polar surface area (TPSA) is 99.5 Å². The quantitative estimate of drug-likeness (QED) is 0.579. The highest BCUT2D eigenvalue weighted by Gasteiger charge is 2.10. The molecule has 0 aliphatic carbocycles. The van der Waals surface area contributed by atoms with Gasteiger partial charge >= 0.3 is 12.6 Å². The lowest BCUT2D eigenvalue weighted by Gasteiger charge is -2.16. The summed E-state index contributed by atoms with van der Waals surface area (Å²) in [6.07, 6.45) is 3.35. The molecule has 0 saturated carbocycles. The number of hydrogen-bond donors (Lipinski definition) is 2. The van der Waals surface area contributed by atoms with Gasteiger partial charge < -0.3 is 15.2 Å².